The first kappa shape index (κ1) is 22.0. The van der Waals surface area contributed by atoms with Crippen LogP contribution in [0.5, 0.6) is 11.5 Å². The maximum Gasteiger partial charge on any atom is 0.251 e. The molecule has 0 aliphatic heterocycles. The number of sulfone groups is 2. The molecule has 10 heteroatoms. The number of hydrogen-bond donors (Lipinski definition) is 0. The number of rotatable bonds is 7. The summed E-state index contributed by atoms with van der Waals surface area (Å²) in [6.07, 6.45) is 1.29. The van der Waals surface area contributed by atoms with Gasteiger partial charge in [0, 0.05) is 10.1 Å². The minimum absolute atomic E-state index is 0.505. The Morgan fingerprint density at radius 2 is 1.53 bits per heavy atom. The zero-order valence-electron chi connectivity index (χ0n) is 16.1. The molecule has 0 unspecified atom stereocenters. The Bertz CT molecular complexity index is 1370. The number of benzene rings is 2. The summed E-state index contributed by atoms with van der Waals surface area (Å²) in [4.78, 5) is 11.8. The van der Waals surface area contributed by atoms with Crippen LogP contribution in [0.1, 0.15) is 5.56 Å². The van der Waals surface area contributed by atoms with Gasteiger partial charge in [0.2, 0.25) is 0 Å². The molecule has 0 aliphatic rings. The molecule has 30 heavy (non-hydrogen) atoms. The van der Waals surface area contributed by atoms with Crippen LogP contribution in [-0.2, 0) is 19.7 Å². The molecule has 0 aliphatic carbocycles. The van der Waals surface area contributed by atoms with Gasteiger partial charge in [-0.25, -0.2) is 16.8 Å². The van der Waals surface area contributed by atoms with Crippen LogP contribution < -0.4 is 14.2 Å². The van der Waals surface area contributed by atoms with E-state index in [0.29, 0.717) is 27.1 Å². The predicted octanol–water partition coefficient (Wildman–Crippen LogP) is 3.10. The van der Waals surface area contributed by atoms with Gasteiger partial charge in [-0.1, -0.05) is 23.5 Å². The van der Waals surface area contributed by atoms with E-state index in [4.69, 9.17) is 9.47 Å². The average Bonchev–Trinajstić information content (AvgIpc) is 2.70. The van der Waals surface area contributed by atoms with Crippen molar-refractivity contribution < 1.29 is 26.3 Å². The van der Waals surface area contributed by atoms with Crippen molar-refractivity contribution in [2.24, 2.45) is 0 Å². The molecule has 3 rings (SSSR count). The summed E-state index contributed by atoms with van der Waals surface area (Å²) in [7, 11) is -5.51. The lowest BCUT2D eigenvalue weighted by Crippen LogP contribution is -2.20. The second-order valence-corrected chi connectivity index (χ2v) is 11.5. The summed E-state index contributed by atoms with van der Waals surface area (Å²) in [5, 5.41) is 0.132. The number of fused-ring (bicyclic) bond motifs is 1. The minimum atomic E-state index is -4.36. The van der Waals surface area contributed by atoms with E-state index in [0.717, 1.165) is 16.7 Å². The van der Waals surface area contributed by atoms with Gasteiger partial charge in [0.15, 0.2) is 24.8 Å². The van der Waals surface area contributed by atoms with E-state index in [2.05, 4.69) is 0 Å². The van der Waals surface area contributed by atoms with Gasteiger partial charge in [-0.2, -0.15) is 0 Å². The van der Waals surface area contributed by atoms with Crippen LogP contribution in [0.2, 0.25) is 0 Å². The van der Waals surface area contributed by atoms with Gasteiger partial charge < -0.3 is 9.47 Å². The number of ether oxygens (including phenoxy) is 2. The van der Waals surface area contributed by atoms with Crippen molar-refractivity contribution in [2.45, 2.75) is 4.90 Å². The second-order valence-electron chi connectivity index (χ2n) is 6.27. The van der Waals surface area contributed by atoms with Crippen molar-refractivity contribution in [3.63, 3.8) is 0 Å². The lowest BCUT2D eigenvalue weighted by atomic mass is 10.2. The van der Waals surface area contributed by atoms with E-state index in [-0.39, 0.29) is 0 Å². The fourth-order valence-electron chi connectivity index (χ4n) is 2.63. The van der Waals surface area contributed by atoms with E-state index < -0.39 is 34.4 Å². The summed E-state index contributed by atoms with van der Waals surface area (Å²) in [5.74, 6) is 1.13. The molecule has 2 aromatic carbocycles. The first-order valence-corrected chi connectivity index (χ1v) is 12.7. The molecule has 0 spiro atoms. The van der Waals surface area contributed by atoms with Crippen molar-refractivity contribution in [1.82, 2.24) is 0 Å². The Morgan fingerprint density at radius 3 is 2.17 bits per heavy atom. The van der Waals surface area contributed by atoms with Gasteiger partial charge >= 0.3 is 0 Å². The molecular formula is C20H18O7S3. The Hall–Kier alpha value is -2.69. The third-order valence-electron chi connectivity index (χ3n) is 4.15. The van der Waals surface area contributed by atoms with Crippen LogP contribution in [0.15, 0.2) is 63.6 Å². The molecule has 0 N–H and O–H groups in total. The van der Waals surface area contributed by atoms with Crippen molar-refractivity contribution in [3.8, 4) is 11.5 Å². The molecule has 158 valence electrons. The van der Waals surface area contributed by atoms with Gasteiger partial charge in [0.1, 0.15) is 16.4 Å². The van der Waals surface area contributed by atoms with E-state index in [9.17, 15) is 21.6 Å². The molecule has 1 heterocycles. The van der Waals surface area contributed by atoms with Crippen molar-refractivity contribution in [3.05, 3.63) is 69.0 Å². The monoisotopic (exact) mass is 466 g/mol. The minimum Gasteiger partial charge on any atom is -0.497 e. The predicted molar refractivity (Wildman–Crippen MR) is 118 cm³/mol. The van der Waals surface area contributed by atoms with Gasteiger partial charge in [0.25, 0.3) is 4.74 Å². The molecule has 3 aromatic rings. The molecule has 0 saturated heterocycles. The van der Waals surface area contributed by atoms with Crippen LogP contribution in [0.4, 0.5) is 0 Å². The van der Waals surface area contributed by atoms with Crippen LogP contribution in [0, 0.1) is 0 Å². The highest BCUT2D eigenvalue weighted by molar-refractivity contribution is 8.09. The van der Waals surface area contributed by atoms with E-state index in [1.165, 1.54) is 26.4 Å². The molecule has 0 bridgehead atoms. The maximum atomic E-state index is 12.7. The molecule has 0 fully saturated rings. The van der Waals surface area contributed by atoms with Gasteiger partial charge in [-0.15, -0.1) is 0 Å². The zero-order valence-corrected chi connectivity index (χ0v) is 18.5. The molecule has 0 saturated carbocycles. The van der Waals surface area contributed by atoms with Crippen LogP contribution >= 0.6 is 11.3 Å². The highest BCUT2D eigenvalue weighted by Crippen LogP contribution is 2.25. The lowest BCUT2D eigenvalue weighted by Gasteiger charge is -2.06. The summed E-state index contributed by atoms with van der Waals surface area (Å²) >= 11 is 0.725. The normalized spacial score (nSPS) is 12.3. The van der Waals surface area contributed by atoms with Crippen molar-refractivity contribution in [1.29, 1.82) is 0 Å². The highest BCUT2D eigenvalue weighted by atomic mass is 32.3. The topological polar surface area (TPSA) is 104 Å². The number of methoxy groups -OCH3 is 2. The molecule has 7 nitrogen and oxygen atoms in total. The molecule has 1 aromatic heterocycles. The Morgan fingerprint density at radius 1 is 0.900 bits per heavy atom. The van der Waals surface area contributed by atoms with Crippen LogP contribution in [0.3, 0.4) is 0 Å². The second kappa shape index (κ2) is 8.58. The van der Waals surface area contributed by atoms with E-state index in [1.807, 2.05) is 0 Å². The highest BCUT2D eigenvalue weighted by Gasteiger charge is 2.26. The Balaban J connectivity index is 1.90. The van der Waals surface area contributed by atoms with Gasteiger partial charge in [0.05, 0.1) is 14.2 Å². The summed E-state index contributed by atoms with van der Waals surface area (Å²) in [5.41, 5.74) is 0.558. The Kier molecular flexibility index (Phi) is 6.30. The smallest absolute Gasteiger partial charge is 0.251 e. The van der Waals surface area contributed by atoms with Gasteiger partial charge in [-0.05, 0) is 53.4 Å². The largest absolute Gasteiger partial charge is 0.497 e. The summed E-state index contributed by atoms with van der Waals surface area (Å²) in [6.45, 7) is 0. The van der Waals surface area contributed by atoms with Crippen LogP contribution in [0.25, 0.3) is 16.2 Å². The molecule has 0 atom stereocenters. The van der Waals surface area contributed by atoms with E-state index >= 15 is 0 Å². The summed E-state index contributed by atoms with van der Waals surface area (Å²) < 4.78 is 60.0. The zero-order chi connectivity index (χ0) is 21.9. The summed E-state index contributed by atoms with van der Waals surface area (Å²) in [6, 6.07) is 12.6. The Labute approximate surface area is 178 Å². The van der Waals surface area contributed by atoms with E-state index in [1.54, 1.807) is 42.5 Å². The quantitative estimate of drug-likeness (QED) is 0.527. The fraction of sp³-hybridized carbons (Fsp3) is 0.150. The molecule has 0 amide bonds. The first-order chi connectivity index (χ1) is 14.1. The first-order valence-electron chi connectivity index (χ1n) is 8.53. The average molecular weight is 467 g/mol. The van der Waals surface area contributed by atoms with Gasteiger partial charge in [-0.3, -0.25) is 4.79 Å². The third kappa shape index (κ3) is 5.07. The molecular weight excluding hydrogens is 448 g/mol. The van der Waals surface area contributed by atoms with Crippen molar-refractivity contribution in [2.75, 3.05) is 19.3 Å². The number of hydrogen-bond acceptors (Lipinski definition) is 8. The fourth-order valence-corrected chi connectivity index (χ4v) is 7.39. The molecule has 0 radical (unpaired) electrons. The SMILES string of the molecule is COc1ccc(C=CS(=O)(=O)CS(=O)(=O)c2cc3ccc(OC)cc3sc2=O)cc1. The van der Waals surface area contributed by atoms with Crippen LogP contribution in [-0.4, -0.2) is 36.1 Å². The van der Waals surface area contributed by atoms with Crippen molar-refractivity contribution >= 4 is 47.2 Å². The third-order valence-corrected chi connectivity index (χ3v) is 9.34. The maximum absolute atomic E-state index is 12.7. The standard InChI is InChI=1S/C20H18O7S3/c1-26-16-6-3-14(4-7-16)9-10-29(22,23)13-30(24,25)19-11-15-5-8-17(27-2)12-18(15)28-20(19)21/h3-12H,13H2,1-2H3. The lowest BCUT2D eigenvalue weighted by molar-refractivity contribution is 0.415.